The molecule has 0 aliphatic rings. The van der Waals surface area contributed by atoms with Crippen molar-refractivity contribution in [1.82, 2.24) is 5.32 Å². The molecule has 0 aromatic heterocycles. The molecule has 0 saturated carbocycles. The lowest BCUT2D eigenvalue weighted by Crippen LogP contribution is -2.48. The van der Waals surface area contributed by atoms with Crippen molar-refractivity contribution < 1.29 is 31.7 Å². The van der Waals surface area contributed by atoms with Crippen LogP contribution in [0.2, 0.25) is 45.3 Å². The van der Waals surface area contributed by atoms with Gasteiger partial charge in [0.25, 0.3) is 5.97 Å². The molecule has 1 N–H and O–H groups in total. The van der Waals surface area contributed by atoms with Crippen molar-refractivity contribution in [2.24, 2.45) is 0 Å². The zero-order chi connectivity index (χ0) is 23.4. The van der Waals surface area contributed by atoms with Gasteiger partial charge in [0.05, 0.1) is 6.42 Å². The fourth-order valence-electron chi connectivity index (χ4n) is 2.74. The van der Waals surface area contributed by atoms with Crippen molar-refractivity contribution in [2.75, 3.05) is 26.4 Å². The van der Waals surface area contributed by atoms with Crippen LogP contribution in [0.4, 0.5) is 0 Å². The Morgan fingerprint density at radius 2 is 1.27 bits per heavy atom. The van der Waals surface area contributed by atoms with Gasteiger partial charge >= 0.3 is 14.8 Å². The predicted octanol–water partition coefficient (Wildman–Crippen LogP) is 3.53. The van der Waals surface area contributed by atoms with Crippen LogP contribution in [0.25, 0.3) is 0 Å². The first-order valence-corrected chi connectivity index (χ1v) is 19.6. The summed E-state index contributed by atoms with van der Waals surface area (Å²) in [5.74, 6) is -0.773. The van der Waals surface area contributed by atoms with Crippen LogP contribution >= 0.6 is 0 Å². The average Bonchev–Trinajstić information content (AvgIpc) is 2.55. The Hall–Kier alpha value is -0.569. The number of nitrogens with one attached hydrogen (secondary N) is 1. The van der Waals surface area contributed by atoms with Crippen molar-refractivity contribution in [2.45, 2.75) is 85.0 Å². The summed E-state index contributed by atoms with van der Waals surface area (Å²) in [5.41, 5.74) is 0. The van der Waals surface area contributed by atoms with Crippen molar-refractivity contribution in [3.8, 4) is 0 Å². The largest absolute Gasteiger partial charge is 0.520 e. The van der Waals surface area contributed by atoms with E-state index in [1.165, 1.54) is 0 Å². The number of carbonyl (C=O) groups excluding carboxylic acids is 2. The second-order valence-electron chi connectivity index (χ2n) is 8.92. The van der Waals surface area contributed by atoms with E-state index in [2.05, 4.69) is 5.32 Å². The van der Waals surface area contributed by atoms with E-state index in [4.69, 9.17) is 22.1 Å². The standard InChI is InChI=1S/C19H43NO7Si3/c1-10-23-30(24-11-2,25-12-3)15-13-14-20-17(19(22)27-29(7,8)9)16-18(21)26-28(4,5)6/h17,20H,10-16H2,1-9H3. The molecule has 0 spiro atoms. The summed E-state index contributed by atoms with van der Waals surface area (Å²) in [6.07, 6.45) is 0.643. The van der Waals surface area contributed by atoms with E-state index in [9.17, 15) is 9.59 Å². The van der Waals surface area contributed by atoms with E-state index in [1.54, 1.807) is 0 Å². The van der Waals surface area contributed by atoms with Gasteiger partial charge in [-0.25, -0.2) is 0 Å². The minimum atomic E-state index is -2.73. The van der Waals surface area contributed by atoms with Crippen molar-refractivity contribution in [3.63, 3.8) is 0 Å². The molecular weight excluding hydrogens is 438 g/mol. The summed E-state index contributed by atoms with van der Waals surface area (Å²) in [6, 6.07) is -0.104. The summed E-state index contributed by atoms with van der Waals surface area (Å²) in [7, 11) is -6.83. The van der Waals surface area contributed by atoms with Crippen molar-refractivity contribution in [3.05, 3.63) is 0 Å². The molecule has 1 atom stereocenters. The highest BCUT2D eigenvalue weighted by Gasteiger charge is 2.40. The fraction of sp³-hybridized carbons (Fsp3) is 0.895. The minimum Gasteiger partial charge on any atom is -0.520 e. The SMILES string of the molecule is CCO[Si](CCCNC(CC(=O)O[Si](C)(C)C)C(=O)O[Si](C)(C)C)(OCC)OCC. The molecule has 0 aromatic carbocycles. The van der Waals surface area contributed by atoms with Crippen LogP contribution in [-0.2, 0) is 31.7 Å². The van der Waals surface area contributed by atoms with E-state index in [0.29, 0.717) is 38.8 Å². The summed E-state index contributed by atoms with van der Waals surface area (Å²) in [6.45, 7) is 19.5. The monoisotopic (exact) mass is 481 g/mol. The number of hydrogen-bond donors (Lipinski definition) is 1. The van der Waals surface area contributed by atoms with E-state index in [0.717, 1.165) is 0 Å². The molecule has 0 amide bonds. The third-order valence-electron chi connectivity index (χ3n) is 3.63. The van der Waals surface area contributed by atoms with Gasteiger partial charge in [0, 0.05) is 25.9 Å². The summed E-state index contributed by atoms with van der Waals surface area (Å²) < 4.78 is 28.7. The van der Waals surface area contributed by atoms with Gasteiger partial charge in [-0.1, -0.05) is 0 Å². The lowest BCUT2D eigenvalue weighted by Gasteiger charge is -2.29. The maximum Gasteiger partial charge on any atom is 0.500 e. The predicted molar refractivity (Wildman–Crippen MR) is 125 cm³/mol. The highest BCUT2D eigenvalue weighted by Crippen LogP contribution is 2.18. The molecule has 8 nitrogen and oxygen atoms in total. The normalized spacial score (nSPS) is 13.8. The first kappa shape index (κ1) is 29.4. The van der Waals surface area contributed by atoms with Crippen LogP contribution < -0.4 is 5.32 Å². The second kappa shape index (κ2) is 13.8. The van der Waals surface area contributed by atoms with E-state index in [1.807, 2.05) is 60.1 Å². The van der Waals surface area contributed by atoms with Crippen LogP contribution in [0.5, 0.6) is 0 Å². The van der Waals surface area contributed by atoms with Crippen LogP contribution in [0.1, 0.15) is 33.6 Å². The lowest BCUT2D eigenvalue weighted by molar-refractivity contribution is -0.143. The van der Waals surface area contributed by atoms with Gasteiger partial charge in [0.2, 0.25) is 16.6 Å². The van der Waals surface area contributed by atoms with E-state index < -0.39 is 37.5 Å². The smallest absolute Gasteiger partial charge is 0.500 e. The number of hydrogen-bond acceptors (Lipinski definition) is 8. The first-order valence-electron chi connectivity index (χ1n) is 10.9. The number of rotatable bonds is 16. The molecule has 30 heavy (non-hydrogen) atoms. The van der Waals surface area contributed by atoms with Crippen LogP contribution in [0.15, 0.2) is 0 Å². The summed E-state index contributed by atoms with van der Waals surface area (Å²) >= 11 is 0. The summed E-state index contributed by atoms with van der Waals surface area (Å²) in [4.78, 5) is 25.0. The molecule has 0 aromatic rings. The highest BCUT2D eigenvalue weighted by molar-refractivity contribution is 6.71. The van der Waals surface area contributed by atoms with E-state index >= 15 is 0 Å². The molecule has 178 valence electrons. The Labute approximate surface area is 186 Å². The number of carbonyl (C=O) groups is 2. The van der Waals surface area contributed by atoms with Gasteiger partial charge in [0.1, 0.15) is 6.04 Å². The zero-order valence-electron chi connectivity index (χ0n) is 20.4. The lowest BCUT2D eigenvalue weighted by atomic mass is 10.2. The maximum atomic E-state index is 12.6. The van der Waals surface area contributed by atoms with Gasteiger partial charge in [-0.05, 0) is 73.0 Å². The molecule has 1 unspecified atom stereocenters. The quantitative estimate of drug-likeness (QED) is 0.264. The molecule has 0 rings (SSSR count). The van der Waals surface area contributed by atoms with Crippen molar-refractivity contribution in [1.29, 1.82) is 0 Å². The Morgan fingerprint density at radius 1 is 0.800 bits per heavy atom. The molecule has 11 heteroatoms. The Kier molecular flexibility index (Phi) is 13.5. The molecule has 0 aliphatic heterocycles. The average molecular weight is 482 g/mol. The topological polar surface area (TPSA) is 92.3 Å². The fourth-order valence-corrected chi connectivity index (χ4v) is 6.87. The minimum absolute atomic E-state index is 0.0431. The third-order valence-corrected chi connectivity index (χ3v) is 8.43. The third kappa shape index (κ3) is 13.7. The van der Waals surface area contributed by atoms with Gasteiger partial charge in [-0.2, -0.15) is 0 Å². The molecule has 0 heterocycles. The molecule has 0 aliphatic carbocycles. The highest BCUT2D eigenvalue weighted by atomic mass is 28.4. The summed E-state index contributed by atoms with van der Waals surface area (Å²) in [5, 5.41) is 3.18. The zero-order valence-corrected chi connectivity index (χ0v) is 23.4. The maximum absolute atomic E-state index is 12.6. The van der Waals surface area contributed by atoms with Crippen LogP contribution in [0.3, 0.4) is 0 Å². The Bertz CT molecular complexity index is 504. The molecule has 0 radical (unpaired) electrons. The molecule has 0 saturated heterocycles. The molecular formula is C19H43NO7Si3. The van der Waals surface area contributed by atoms with Gasteiger partial charge in [0.15, 0.2) is 0 Å². The van der Waals surface area contributed by atoms with Gasteiger partial charge < -0.3 is 27.4 Å². The van der Waals surface area contributed by atoms with E-state index in [-0.39, 0.29) is 12.4 Å². The Balaban J connectivity index is 5.01. The van der Waals surface area contributed by atoms with Gasteiger partial charge in [-0.15, -0.1) is 0 Å². The molecule has 0 fully saturated rings. The first-order chi connectivity index (χ1) is 13.8. The Morgan fingerprint density at radius 3 is 1.67 bits per heavy atom. The molecule has 0 bridgehead atoms. The van der Waals surface area contributed by atoms with Crippen LogP contribution in [-0.4, -0.2) is 69.8 Å². The van der Waals surface area contributed by atoms with Crippen molar-refractivity contribution >= 4 is 37.4 Å². The second-order valence-corrected chi connectivity index (χ2v) is 20.5. The van der Waals surface area contributed by atoms with Crippen LogP contribution in [0, 0.1) is 0 Å². The van der Waals surface area contributed by atoms with Gasteiger partial charge in [-0.3, -0.25) is 9.59 Å².